The Morgan fingerprint density at radius 1 is 0.542 bits per heavy atom. The van der Waals surface area contributed by atoms with Crippen molar-refractivity contribution in [2.75, 3.05) is 13.2 Å². The quantitative estimate of drug-likeness (QED) is 0.0193. The molecule has 1 saturated heterocycles. The summed E-state index contributed by atoms with van der Waals surface area (Å²) in [6.45, 7) is 3.45. The summed E-state index contributed by atoms with van der Waals surface area (Å²) in [7, 11) is -5.09. The number of rotatable bonds is 54. The predicted octanol–water partition coefficient (Wildman–Crippen LogP) is 14.6. The van der Waals surface area contributed by atoms with E-state index < -0.39 is 59.9 Å². The standard InChI is InChI=1S/C59H115NO11S/c1-3-5-7-9-11-13-15-17-19-21-23-25-27-29-31-33-35-37-39-41-43-45-47-49-55(63)60-52(51-69-59-57(65)58(71-72(66,67)68)56(64)54(50-61)70-59)53(62)48-46-44-42-40-38-36-34-32-30-28-26-24-22-20-18-16-14-12-10-8-6-4-2/h46,48,52-54,56-59,61-62,64-65H,3-45,47,49-51H2,1-2H3,(H,60,63)(H,66,67,68)/b48-46+. The third kappa shape index (κ3) is 41.1. The van der Waals surface area contributed by atoms with Crippen LogP contribution in [-0.4, -0.2) is 95.4 Å². The van der Waals surface area contributed by atoms with E-state index in [1.54, 1.807) is 6.08 Å². The average Bonchev–Trinajstić information content (AvgIpc) is 3.36. The van der Waals surface area contributed by atoms with E-state index in [1.165, 1.54) is 238 Å². The zero-order valence-corrected chi connectivity index (χ0v) is 47.3. The molecule has 1 fully saturated rings. The van der Waals surface area contributed by atoms with Crippen LogP contribution in [0.5, 0.6) is 0 Å². The molecular weight excluding hydrogens is 931 g/mol. The van der Waals surface area contributed by atoms with Crippen LogP contribution in [0.15, 0.2) is 12.2 Å². The maximum Gasteiger partial charge on any atom is 0.397 e. The summed E-state index contributed by atoms with van der Waals surface area (Å²) < 4.78 is 47.9. The lowest BCUT2D eigenvalue weighted by atomic mass is 9.99. The van der Waals surface area contributed by atoms with Crippen LogP contribution in [0.4, 0.5) is 0 Å². The second kappa shape index (κ2) is 49.4. The van der Waals surface area contributed by atoms with Gasteiger partial charge < -0.3 is 35.2 Å². The first-order valence-electron chi connectivity index (χ1n) is 30.6. The largest absolute Gasteiger partial charge is 0.397 e. The first-order chi connectivity index (χ1) is 35.0. The lowest BCUT2D eigenvalue weighted by Crippen LogP contribution is -2.61. The summed E-state index contributed by atoms with van der Waals surface area (Å²) in [5.74, 6) is -0.255. The van der Waals surface area contributed by atoms with E-state index in [-0.39, 0.29) is 18.9 Å². The highest BCUT2D eigenvalue weighted by Crippen LogP contribution is 2.26. The van der Waals surface area contributed by atoms with Crippen LogP contribution in [0.1, 0.15) is 303 Å². The lowest BCUT2D eigenvalue weighted by Gasteiger charge is -2.41. The zero-order chi connectivity index (χ0) is 52.6. The number of hydrogen-bond acceptors (Lipinski definition) is 10. The summed E-state index contributed by atoms with van der Waals surface area (Å²) >= 11 is 0. The smallest absolute Gasteiger partial charge is 0.394 e. The Bertz CT molecular complexity index is 1320. The Labute approximate surface area is 442 Å². The molecule has 13 heteroatoms. The number of ether oxygens (including phenoxy) is 2. The molecular formula is C59H115NO11S. The molecule has 0 aromatic rings. The van der Waals surface area contributed by atoms with E-state index in [9.17, 15) is 38.2 Å². The van der Waals surface area contributed by atoms with Crippen LogP contribution >= 0.6 is 0 Å². The Morgan fingerprint density at radius 2 is 0.875 bits per heavy atom. The molecule has 0 radical (unpaired) electrons. The van der Waals surface area contributed by atoms with Crippen LogP contribution < -0.4 is 5.32 Å². The number of carbonyl (C=O) groups excluding carboxylic acids is 1. The topological polar surface area (TPSA) is 192 Å². The molecule has 0 saturated carbocycles. The van der Waals surface area contributed by atoms with Crippen LogP contribution in [0.2, 0.25) is 0 Å². The Morgan fingerprint density at radius 3 is 1.21 bits per heavy atom. The molecule has 6 N–H and O–H groups in total. The molecule has 12 nitrogen and oxygen atoms in total. The van der Waals surface area contributed by atoms with Crippen LogP contribution in [0.3, 0.4) is 0 Å². The normalized spacial score (nSPS) is 19.3. The molecule has 72 heavy (non-hydrogen) atoms. The molecule has 428 valence electrons. The van der Waals surface area contributed by atoms with E-state index >= 15 is 0 Å². The summed E-state index contributed by atoms with van der Waals surface area (Å²) in [5.41, 5.74) is 0. The molecule has 0 spiro atoms. The van der Waals surface area contributed by atoms with Crippen molar-refractivity contribution in [1.29, 1.82) is 0 Å². The van der Waals surface area contributed by atoms with Crippen LogP contribution in [-0.2, 0) is 28.9 Å². The van der Waals surface area contributed by atoms with Crippen LogP contribution in [0.25, 0.3) is 0 Å². The molecule has 7 atom stereocenters. The van der Waals surface area contributed by atoms with Crippen molar-refractivity contribution < 1.29 is 51.8 Å². The van der Waals surface area contributed by atoms with Crippen LogP contribution in [0, 0.1) is 0 Å². The highest BCUT2D eigenvalue weighted by Gasteiger charge is 2.48. The van der Waals surface area contributed by atoms with Gasteiger partial charge in [0.05, 0.1) is 25.4 Å². The van der Waals surface area contributed by atoms with E-state index in [0.29, 0.717) is 6.42 Å². The maximum absolute atomic E-state index is 13.1. The van der Waals surface area contributed by atoms with E-state index in [1.807, 2.05) is 6.08 Å². The molecule has 0 aliphatic carbocycles. The highest BCUT2D eigenvalue weighted by molar-refractivity contribution is 7.80. The van der Waals surface area contributed by atoms with Crippen molar-refractivity contribution in [2.45, 2.75) is 346 Å². The van der Waals surface area contributed by atoms with E-state index in [0.717, 1.165) is 38.5 Å². The summed E-state index contributed by atoms with van der Waals surface area (Å²) in [6.07, 6.45) is 51.2. The number of amides is 1. The van der Waals surface area contributed by atoms with E-state index in [4.69, 9.17) is 9.47 Å². The maximum atomic E-state index is 13.1. The number of allylic oxidation sites excluding steroid dienone is 1. The van der Waals surface area contributed by atoms with Gasteiger partial charge in [-0.2, -0.15) is 8.42 Å². The second-order valence-corrected chi connectivity index (χ2v) is 22.7. The van der Waals surface area contributed by atoms with Gasteiger partial charge in [-0.3, -0.25) is 9.35 Å². The van der Waals surface area contributed by atoms with Gasteiger partial charge in [0.2, 0.25) is 5.91 Å². The third-order valence-corrected chi connectivity index (χ3v) is 15.3. The number of hydrogen-bond donors (Lipinski definition) is 6. The number of aliphatic hydroxyl groups excluding tert-OH is 4. The Hall–Kier alpha value is -1.16. The van der Waals surface area contributed by atoms with Crippen molar-refractivity contribution in [2.24, 2.45) is 0 Å². The first-order valence-corrected chi connectivity index (χ1v) is 31.9. The molecule has 1 heterocycles. The predicted molar refractivity (Wildman–Crippen MR) is 296 cm³/mol. The van der Waals surface area contributed by atoms with E-state index in [2.05, 4.69) is 23.3 Å². The molecule has 1 rings (SSSR count). The number of nitrogens with one attached hydrogen (secondary N) is 1. The van der Waals surface area contributed by atoms with Gasteiger partial charge >= 0.3 is 10.4 Å². The second-order valence-electron chi connectivity index (χ2n) is 21.7. The third-order valence-electron chi connectivity index (χ3n) is 14.8. The molecule has 1 aliphatic heterocycles. The van der Waals surface area contributed by atoms with Gasteiger partial charge in [-0.05, 0) is 19.3 Å². The molecule has 0 aromatic heterocycles. The number of unbranched alkanes of at least 4 members (excludes halogenated alkanes) is 42. The molecule has 1 amide bonds. The Kier molecular flexibility index (Phi) is 47.3. The van der Waals surface area contributed by atoms with Gasteiger partial charge in [-0.25, -0.2) is 4.18 Å². The van der Waals surface area contributed by atoms with Crippen molar-refractivity contribution in [3.05, 3.63) is 12.2 Å². The summed E-state index contributed by atoms with van der Waals surface area (Å²) in [5, 5.41) is 45.0. The molecule has 0 bridgehead atoms. The van der Waals surface area contributed by atoms with Crippen molar-refractivity contribution in [1.82, 2.24) is 5.32 Å². The van der Waals surface area contributed by atoms with Crippen molar-refractivity contribution in [3.8, 4) is 0 Å². The van der Waals surface area contributed by atoms with Gasteiger partial charge in [-0.1, -0.05) is 289 Å². The average molecular weight is 1050 g/mol. The van der Waals surface area contributed by atoms with Gasteiger partial charge in [0.1, 0.15) is 24.4 Å². The summed E-state index contributed by atoms with van der Waals surface area (Å²) in [4.78, 5) is 13.1. The fraction of sp³-hybridized carbons (Fsp3) is 0.949. The van der Waals surface area contributed by atoms with Gasteiger partial charge in [-0.15, -0.1) is 0 Å². The van der Waals surface area contributed by atoms with Crippen molar-refractivity contribution >= 4 is 16.3 Å². The minimum atomic E-state index is -5.09. The molecule has 0 aromatic carbocycles. The lowest BCUT2D eigenvalue weighted by molar-refractivity contribution is -0.298. The zero-order valence-electron chi connectivity index (χ0n) is 46.5. The molecule has 1 aliphatic rings. The fourth-order valence-electron chi connectivity index (χ4n) is 10.1. The monoisotopic (exact) mass is 1050 g/mol. The number of aliphatic hydroxyl groups is 4. The minimum Gasteiger partial charge on any atom is -0.394 e. The van der Waals surface area contributed by atoms with Crippen molar-refractivity contribution in [3.63, 3.8) is 0 Å². The highest BCUT2D eigenvalue weighted by atomic mass is 32.3. The Balaban J connectivity index is 2.34. The number of carbonyl (C=O) groups is 1. The first kappa shape index (κ1) is 68.9. The fourth-order valence-corrected chi connectivity index (χ4v) is 10.6. The van der Waals surface area contributed by atoms with Gasteiger partial charge in [0.25, 0.3) is 0 Å². The van der Waals surface area contributed by atoms with Gasteiger partial charge in [0.15, 0.2) is 6.29 Å². The minimum absolute atomic E-state index is 0.255. The SMILES string of the molecule is CCCCCCCCCCCCCCCCCCCCCC/C=C/C(O)C(COC1OC(CO)C(O)C(OS(=O)(=O)O)C1O)NC(=O)CCCCCCCCCCCCCCCCCCCCCCCCC. The summed E-state index contributed by atoms with van der Waals surface area (Å²) in [6, 6.07) is -0.940. The van der Waals surface area contributed by atoms with Gasteiger partial charge in [0, 0.05) is 6.42 Å². The molecule has 7 unspecified atom stereocenters.